The number of carbonyl (C=O) groups excluding carboxylic acids is 1. The van der Waals surface area contributed by atoms with Gasteiger partial charge < -0.3 is 10.6 Å². The normalized spacial score (nSPS) is 13.7. The summed E-state index contributed by atoms with van der Waals surface area (Å²) in [7, 11) is 1.83. The molecule has 1 rings (SSSR count). The fraction of sp³-hybridized carbons (Fsp3) is 0.583. The lowest BCUT2D eigenvalue weighted by molar-refractivity contribution is -0.134. The molecule has 98 valence electrons. The highest BCUT2D eigenvalue weighted by Gasteiger charge is 2.21. The van der Waals surface area contributed by atoms with E-state index in [-0.39, 0.29) is 30.3 Å². The summed E-state index contributed by atoms with van der Waals surface area (Å²) in [6, 6.07) is 1.98. The van der Waals surface area contributed by atoms with Gasteiger partial charge in [-0.15, -0.1) is 23.7 Å². The van der Waals surface area contributed by atoms with E-state index in [2.05, 4.69) is 18.4 Å². The molecule has 0 radical (unpaired) electrons. The predicted octanol–water partition coefficient (Wildman–Crippen LogP) is 2.42. The summed E-state index contributed by atoms with van der Waals surface area (Å²) in [5.41, 5.74) is 6.98. The molecule has 0 aromatic carbocycles. The molecular formula is C12H21ClN2OS. The smallest absolute Gasteiger partial charge is 0.227 e. The van der Waals surface area contributed by atoms with E-state index in [1.54, 1.807) is 16.2 Å². The zero-order chi connectivity index (χ0) is 12.3. The Labute approximate surface area is 113 Å². The van der Waals surface area contributed by atoms with Crippen LogP contribution in [0.15, 0.2) is 11.4 Å². The Bertz CT molecular complexity index is 365. The maximum absolute atomic E-state index is 12.0. The number of amides is 1. The number of halogens is 1. The van der Waals surface area contributed by atoms with E-state index in [0.717, 1.165) is 0 Å². The van der Waals surface area contributed by atoms with Crippen molar-refractivity contribution in [3.63, 3.8) is 0 Å². The molecule has 0 aliphatic carbocycles. The molecule has 5 heteroatoms. The minimum absolute atomic E-state index is 0. The van der Waals surface area contributed by atoms with Crippen molar-refractivity contribution in [3.8, 4) is 0 Å². The average Bonchev–Trinajstić information content (AvgIpc) is 2.62. The Morgan fingerprint density at radius 1 is 1.53 bits per heavy atom. The van der Waals surface area contributed by atoms with Gasteiger partial charge in [0.25, 0.3) is 0 Å². The molecule has 1 amide bonds. The first-order chi connectivity index (χ1) is 7.43. The SMILES string of the molecule is Cc1ccsc1CN(C)C(=O)C(C)C(C)N.Cl. The zero-order valence-corrected chi connectivity index (χ0v) is 12.4. The van der Waals surface area contributed by atoms with Crippen LogP contribution in [0.1, 0.15) is 24.3 Å². The number of carbonyl (C=O) groups is 1. The molecule has 0 fully saturated rings. The maximum Gasteiger partial charge on any atom is 0.227 e. The third-order valence-corrected chi connectivity index (χ3v) is 3.91. The Morgan fingerprint density at radius 2 is 2.12 bits per heavy atom. The fourth-order valence-electron chi connectivity index (χ4n) is 1.43. The van der Waals surface area contributed by atoms with Crippen molar-refractivity contribution in [1.29, 1.82) is 0 Å². The lowest BCUT2D eigenvalue weighted by Crippen LogP contribution is -2.39. The van der Waals surface area contributed by atoms with Crippen molar-refractivity contribution < 1.29 is 4.79 Å². The molecule has 17 heavy (non-hydrogen) atoms. The highest BCUT2D eigenvalue weighted by atomic mass is 35.5. The van der Waals surface area contributed by atoms with Gasteiger partial charge in [0.2, 0.25) is 5.91 Å². The molecule has 2 atom stereocenters. The van der Waals surface area contributed by atoms with Gasteiger partial charge in [-0.25, -0.2) is 0 Å². The first-order valence-electron chi connectivity index (χ1n) is 5.47. The van der Waals surface area contributed by atoms with E-state index in [0.29, 0.717) is 6.54 Å². The lowest BCUT2D eigenvalue weighted by atomic mass is 10.0. The van der Waals surface area contributed by atoms with Crippen LogP contribution in [-0.4, -0.2) is 23.9 Å². The standard InChI is InChI=1S/C12H20N2OS.ClH/c1-8-5-6-16-11(8)7-14(4)12(15)9(2)10(3)13;/h5-6,9-10H,7,13H2,1-4H3;1H. The van der Waals surface area contributed by atoms with Crippen molar-refractivity contribution in [3.05, 3.63) is 21.9 Å². The van der Waals surface area contributed by atoms with Crippen LogP contribution in [0.5, 0.6) is 0 Å². The summed E-state index contributed by atoms with van der Waals surface area (Å²) in [6.07, 6.45) is 0. The summed E-state index contributed by atoms with van der Waals surface area (Å²) >= 11 is 1.69. The maximum atomic E-state index is 12.0. The summed E-state index contributed by atoms with van der Waals surface area (Å²) in [4.78, 5) is 15.0. The van der Waals surface area contributed by atoms with Gasteiger partial charge in [-0.3, -0.25) is 4.79 Å². The second-order valence-electron chi connectivity index (χ2n) is 4.37. The van der Waals surface area contributed by atoms with Crippen LogP contribution in [-0.2, 0) is 11.3 Å². The van der Waals surface area contributed by atoms with Crippen molar-refractivity contribution in [2.75, 3.05) is 7.05 Å². The number of thiophene rings is 1. The predicted molar refractivity (Wildman–Crippen MR) is 75.6 cm³/mol. The van der Waals surface area contributed by atoms with Crippen LogP contribution in [0.4, 0.5) is 0 Å². The van der Waals surface area contributed by atoms with Crippen LogP contribution in [0.2, 0.25) is 0 Å². The van der Waals surface area contributed by atoms with Crippen molar-refractivity contribution in [2.45, 2.75) is 33.4 Å². The minimum atomic E-state index is -0.120. The Balaban J connectivity index is 0.00000256. The summed E-state index contributed by atoms with van der Waals surface area (Å²) < 4.78 is 0. The molecule has 1 heterocycles. The molecule has 3 nitrogen and oxygen atoms in total. The largest absolute Gasteiger partial charge is 0.340 e. The topological polar surface area (TPSA) is 46.3 Å². The first kappa shape index (κ1) is 16.4. The van der Waals surface area contributed by atoms with E-state index >= 15 is 0 Å². The van der Waals surface area contributed by atoms with Gasteiger partial charge in [-0.05, 0) is 30.9 Å². The van der Waals surface area contributed by atoms with Crippen molar-refractivity contribution in [2.24, 2.45) is 11.7 Å². The van der Waals surface area contributed by atoms with E-state index in [9.17, 15) is 4.79 Å². The summed E-state index contributed by atoms with van der Waals surface area (Å²) in [6.45, 7) is 6.50. The molecule has 0 spiro atoms. The van der Waals surface area contributed by atoms with Gasteiger partial charge in [0.05, 0.1) is 12.5 Å². The Hall–Kier alpha value is -0.580. The van der Waals surface area contributed by atoms with Gasteiger partial charge in [-0.1, -0.05) is 6.92 Å². The average molecular weight is 277 g/mol. The monoisotopic (exact) mass is 276 g/mol. The minimum Gasteiger partial charge on any atom is -0.340 e. The van der Waals surface area contributed by atoms with Crippen LogP contribution in [0.25, 0.3) is 0 Å². The van der Waals surface area contributed by atoms with Crippen molar-refractivity contribution >= 4 is 29.7 Å². The molecule has 2 unspecified atom stereocenters. The van der Waals surface area contributed by atoms with E-state index < -0.39 is 0 Å². The van der Waals surface area contributed by atoms with E-state index in [4.69, 9.17) is 5.73 Å². The highest BCUT2D eigenvalue weighted by Crippen LogP contribution is 2.18. The molecular weight excluding hydrogens is 256 g/mol. The van der Waals surface area contributed by atoms with Crippen LogP contribution >= 0.6 is 23.7 Å². The van der Waals surface area contributed by atoms with Crippen LogP contribution in [0.3, 0.4) is 0 Å². The lowest BCUT2D eigenvalue weighted by Gasteiger charge is -2.23. The molecule has 2 N–H and O–H groups in total. The van der Waals surface area contributed by atoms with Gasteiger partial charge in [0.15, 0.2) is 0 Å². The molecule has 0 saturated carbocycles. The number of aryl methyl sites for hydroxylation is 1. The number of hydrogen-bond donors (Lipinski definition) is 1. The molecule has 1 aromatic rings. The molecule has 0 saturated heterocycles. The first-order valence-corrected chi connectivity index (χ1v) is 6.35. The fourth-order valence-corrected chi connectivity index (χ4v) is 2.39. The van der Waals surface area contributed by atoms with Gasteiger partial charge in [0, 0.05) is 18.0 Å². The van der Waals surface area contributed by atoms with E-state index in [1.807, 2.05) is 20.9 Å². The van der Waals surface area contributed by atoms with Crippen molar-refractivity contribution in [1.82, 2.24) is 4.90 Å². The number of nitrogens with two attached hydrogens (primary N) is 1. The summed E-state index contributed by atoms with van der Waals surface area (Å²) in [5, 5.41) is 2.05. The molecule has 0 aliphatic rings. The third-order valence-electron chi connectivity index (χ3n) is 2.90. The second kappa shape index (κ2) is 6.99. The van der Waals surface area contributed by atoms with E-state index in [1.165, 1.54) is 10.4 Å². The van der Waals surface area contributed by atoms with Crippen LogP contribution < -0.4 is 5.73 Å². The third kappa shape index (κ3) is 4.30. The molecule has 0 aliphatic heterocycles. The highest BCUT2D eigenvalue weighted by molar-refractivity contribution is 7.10. The van der Waals surface area contributed by atoms with Gasteiger partial charge in [-0.2, -0.15) is 0 Å². The molecule has 0 bridgehead atoms. The number of hydrogen-bond acceptors (Lipinski definition) is 3. The Morgan fingerprint density at radius 3 is 2.53 bits per heavy atom. The van der Waals surface area contributed by atoms with Crippen LogP contribution in [0, 0.1) is 12.8 Å². The second-order valence-corrected chi connectivity index (χ2v) is 5.37. The van der Waals surface area contributed by atoms with Gasteiger partial charge >= 0.3 is 0 Å². The number of nitrogens with zero attached hydrogens (tertiary/aromatic N) is 1. The van der Waals surface area contributed by atoms with Gasteiger partial charge in [0.1, 0.15) is 0 Å². The number of rotatable bonds is 4. The quantitative estimate of drug-likeness (QED) is 0.918. The molecule has 1 aromatic heterocycles. The summed E-state index contributed by atoms with van der Waals surface area (Å²) in [5.74, 6) is -0.00642. The Kier molecular flexibility index (Phi) is 6.75. The zero-order valence-electron chi connectivity index (χ0n) is 10.8.